The van der Waals surface area contributed by atoms with Crippen molar-refractivity contribution in [1.29, 1.82) is 0 Å². The third kappa shape index (κ3) is 2.96. The number of methoxy groups -OCH3 is 1. The van der Waals surface area contributed by atoms with Crippen LogP contribution in [0.25, 0.3) is 0 Å². The molecule has 0 spiro atoms. The molecule has 0 rings (SSSR count). The van der Waals surface area contributed by atoms with Crippen molar-refractivity contribution in [3.63, 3.8) is 0 Å². The van der Waals surface area contributed by atoms with E-state index >= 15 is 0 Å². The summed E-state index contributed by atoms with van der Waals surface area (Å²) >= 11 is 0. The number of rotatable bonds is 4. The molecule has 0 heterocycles. The monoisotopic (exact) mass is 362 g/mol. The van der Waals surface area contributed by atoms with Gasteiger partial charge in [-0.3, -0.25) is 0 Å². The van der Waals surface area contributed by atoms with Gasteiger partial charge in [0.05, 0.1) is 0 Å². The molecule has 0 aliphatic heterocycles. The van der Waals surface area contributed by atoms with Crippen LogP contribution in [0, 0.1) is 0 Å². The highest BCUT2D eigenvalue weighted by Crippen LogP contribution is 2.53. The summed E-state index contributed by atoms with van der Waals surface area (Å²) in [5, 5.41) is 0. The van der Waals surface area contributed by atoms with Crippen molar-refractivity contribution >= 4 is 0 Å². The lowest BCUT2D eigenvalue weighted by molar-refractivity contribution is -0.371. The molecular formula is C8H3F13O. The van der Waals surface area contributed by atoms with Crippen LogP contribution < -0.4 is 0 Å². The van der Waals surface area contributed by atoms with E-state index in [0.717, 1.165) is 0 Å². The molecule has 0 fully saturated rings. The van der Waals surface area contributed by atoms with Gasteiger partial charge in [-0.05, 0) is 0 Å². The smallest absolute Gasteiger partial charge is 0.339 e. The Kier molecular flexibility index (Phi) is 5.15. The maximum Gasteiger partial charge on any atom is 0.460 e. The van der Waals surface area contributed by atoms with E-state index in [0.29, 0.717) is 0 Å². The van der Waals surface area contributed by atoms with Gasteiger partial charge in [0.2, 0.25) is 11.7 Å². The van der Waals surface area contributed by atoms with E-state index < -0.39 is 48.8 Å². The highest BCUT2D eigenvalue weighted by molar-refractivity contribution is 5.22. The zero-order chi connectivity index (χ0) is 18.4. The van der Waals surface area contributed by atoms with E-state index in [1.165, 1.54) is 0 Å². The van der Waals surface area contributed by atoms with E-state index in [4.69, 9.17) is 0 Å². The molecule has 0 aliphatic rings. The highest BCUT2D eigenvalue weighted by atomic mass is 19.4. The molecule has 0 bridgehead atoms. The number of alkyl halides is 11. The molecule has 1 atom stereocenters. The minimum absolute atomic E-state index is 0.432. The molecule has 0 radical (unpaired) electrons. The van der Waals surface area contributed by atoms with Gasteiger partial charge in [-0.2, -0.15) is 48.3 Å². The van der Waals surface area contributed by atoms with Crippen LogP contribution in [-0.4, -0.2) is 37.2 Å². The summed E-state index contributed by atoms with van der Waals surface area (Å²) in [7, 11) is -0.432. The quantitative estimate of drug-likeness (QED) is 0.650. The topological polar surface area (TPSA) is 9.23 Å². The molecule has 22 heavy (non-hydrogen) atoms. The van der Waals surface area contributed by atoms with Crippen molar-refractivity contribution < 1.29 is 61.8 Å². The van der Waals surface area contributed by atoms with Crippen LogP contribution in [-0.2, 0) is 4.74 Å². The summed E-state index contributed by atoms with van der Waals surface area (Å²) in [6.45, 7) is 0. The van der Waals surface area contributed by atoms with Gasteiger partial charge >= 0.3 is 30.1 Å². The fourth-order valence-electron chi connectivity index (χ4n) is 0.941. The van der Waals surface area contributed by atoms with E-state index in [-0.39, 0.29) is 0 Å². The molecule has 0 amide bonds. The van der Waals surface area contributed by atoms with Crippen molar-refractivity contribution in [3.05, 3.63) is 11.7 Å². The second-order valence-electron chi connectivity index (χ2n) is 3.57. The highest BCUT2D eigenvalue weighted by Gasteiger charge is 2.76. The van der Waals surface area contributed by atoms with Crippen molar-refractivity contribution in [1.82, 2.24) is 0 Å². The van der Waals surface area contributed by atoms with Gasteiger partial charge in [-0.1, -0.05) is 0 Å². The summed E-state index contributed by atoms with van der Waals surface area (Å²) in [4.78, 5) is 0. The summed E-state index contributed by atoms with van der Waals surface area (Å²) < 4.78 is 162. The van der Waals surface area contributed by atoms with Crippen LogP contribution in [0.5, 0.6) is 0 Å². The molecule has 0 aliphatic carbocycles. The molecule has 14 heteroatoms. The Bertz CT molecular complexity index is 444. The fraction of sp³-hybridized carbons (Fsp3) is 0.750. The standard InChI is InChI=1S/C8H3F13O/c1-22-5(13,6(14,15)8(19,20)21)3(10)2(9)4(11,12)7(16,17)18/h1H3. The number of halogens is 13. The summed E-state index contributed by atoms with van der Waals surface area (Å²) in [5.74, 6) is -29.1. The zero-order valence-electron chi connectivity index (χ0n) is 9.82. The Morgan fingerprint density at radius 3 is 1.23 bits per heavy atom. The maximum atomic E-state index is 13.3. The molecule has 0 N–H and O–H groups in total. The SMILES string of the molecule is COC(F)(C(F)=C(F)C(F)(F)C(F)(F)F)C(F)(F)C(F)(F)F. The number of ether oxygens (including phenoxy) is 1. The van der Waals surface area contributed by atoms with Gasteiger partial charge in [-0.25, -0.2) is 8.78 Å². The lowest BCUT2D eigenvalue weighted by atomic mass is 10.1. The van der Waals surface area contributed by atoms with E-state index in [2.05, 4.69) is 4.74 Å². The first-order valence-corrected chi connectivity index (χ1v) is 4.57. The molecule has 0 aromatic carbocycles. The lowest BCUT2D eigenvalue weighted by Crippen LogP contribution is -2.56. The number of hydrogen-bond donors (Lipinski definition) is 0. The summed E-state index contributed by atoms with van der Waals surface area (Å²) in [6, 6.07) is 0. The second kappa shape index (κ2) is 5.45. The molecular weight excluding hydrogens is 359 g/mol. The Morgan fingerprint density at radius 2 is 1.00 bits per heavy atom. The normalized spacial score (nSPS) is 18.8. The fourth-order valence-corrected chi connectivity index (χ4v) is 0.941. The van der Waals surface area contributed by atoms with Gasteiger partial charge in [0.1, 0.15) is 0 Å². The maximum absolute atomic E-state index is 13.3. The molecule has 1 unspecified atom stereocenters. The first-order chi connectivity index (χ1) is 9.38. The molecule has 0 saturated heterocycles. The van der Waals surface area contributed by atoms with Crippen LogP contribution in [0.1, 0.15) is 0 Å². The van der Waals surface area contributed by atoms with Crippen LogP contribution in [0.4, 0.5) is 57.1 Å². The molecule has 132 valence electrons. The van der Waals surface area contributed by atoms with Crippen molar-refractivity contribution in [2.75, 3.05) is 7.11 Å². The Balaban J connectivity index is 6.34. The van der Waals surface area contributed by atoms with Gasteiger partial charge in [0, 0.05) is 7.11 Å². The van der Waals surface area contributed by atoms with Crippen LogP contribution in [0.15, 0.2) is 11.7 Å². The van der Waals surface area contributed by atoms with E-state index in [1.807, 2.05) is 0 Å². The Labute approximate surface area is 112 Å². The van der Waals surface area contributed by atoms with Crippen LogP contribution >= 0.6 is 0 Å². The van der Waals surface area contributed by atoms with Gasteiger partial charge in [-0.15, -0.1) is 0 Å². The first kappa shape index (κ1) is 20.8. The zero-order valence-corrected chi connectivity index (χ0v) is 9.82. The molecule has 0 aromatic rings. The van der Waals surface area contributed by atoms with Crippen LogP contribution in [0.3, 0.4) is 0 Å². The predicted molar refractivity (Wildman–Crippen MR) is 42.1 cm³/mol. The van der Waals surface area contributed by atoms with E-state index in [9.17, 15) is 57.1 Å². The van der Waals surface area contributed by atoms with Crippen molar-refractivity contribution in [3.8, 4) is 0 Å². The van der Waals surface area contributed by atoms with E-state index in [1.54, 1.807) is 0 Å². The van der Waals surface area contributed by atoms with Crippen molar-refractivity contribution in [2.24, 2.45) is 0 Å². The molecule has 0 aromatic heterocycles. The lowest BCUT2D eigenvalue weighted by Gasteiger charge is -2.32. The summed E-state index contributed by atoms with van der Waals surface area (Å²) in [5.41, 5.74) is 0. The molecule has 0 saturated carbocycles. The average molecular weight is 362 g/mol. The number of hydrogen-bond acceptors (Lipinski definition) is 1. The summed E-state index contributed by atoms with van der Waals surface area (Å²) in [6.07, 6.45) is -13.9. The Morgan fingerprint density at radius 1 is 0.636 bits per heavy atom. The van der Waals surface area contributed by atoms with Gasteiger partial charge in [0.15, 0.2) is 0 Å². The predicted octanol–water partition coefficient (Wildman–Crippen LogP) is 4.84. The van der Waals surface area contributed by atoms with Crippen LogP contribution in [0.2, 0.25) is 0 Å². The third-order valence-electron chi connectivity index (χ3n) is 2.15. The minimum atomic E-state index is -7.00. The Hall–Kier alpha value is -1.21. The number of allylic oxidation sites excluding steroid dienone is 1. The second-order valence-corrected chi connectivity index (χ2v) is 3.57. The largest absolute Gasteiger partial charge is 0.460 e. The first-order valence-electron chi connectivity index (χ1n) is 4.57. The molecule has 1 nitrogen and oxygen atoms in total. The average Bonchev–Trinajstić information content (AvgIpc) is 2.32. The van der Waals surface area contributed by atoms with Gasteiger partial charge < -0.3 is 4.74 Å². The van der Waals surface area contributed by atoms with Gasteiger partial charge in [0.25, 0.3) is 0 Å². The minimum Gasteiger partial charge on any atom is -0.339 e. The van der Waals surface area contributed by atoms with Crippen molar-refractivity contribution in [2.45, 2.75) is 30.1 Å². The third-order valence-corrected chi connectivity index (χ3v) is 2.15.